The Balaban J connectivity index is 1.26. The zero-order chi connectivity index (χ0) is 22.3. The van der Waals surface area contributed by atoms with Crippen LogP contribution in [0.25, 0.3) is 0 Å². The SMILES string of the molecule is Cc1ccc(Nc2nccc(C3CCC(CNC(=O)C(N)c4ccccc4)CC3)n2)nc1. The highest BCUT2D eigenvalue weighted by atomic mass is 16.2. The minimum Gasteiger partial charge on any atom is -0.354 e. The van der Waals surface area contributed by atoms with Crippen LogP contribution in [-0.4, -0.2) is 27.4 Å². The van der Waals surface area contributed by atoms with E-state index in [1.54, 1.807) is 6.20 Å². The van der Waals surface area contributed by atoms with Crippen molar-refractivity contribution in [2.45, 2.75) is 44.6 Å². The topological polar surface area (TPSA) is 106 Å². The second kappa shape index (κ2) is 10.3. The largest absolute Gasteiger partial charge is 0.354 e. The van der Waals surface area contributed by atoms with Gasteiger partial charge in [0.25, 0.3) is 0 Å². The van der Waals surface area contributed by atoms with Gasteiger partial charge < -0.3 is 16.4 Å². The number of hydrogen-bond donors (Lipinski definition) is 3. The summed E-state index contributed by atoms with van der Waals surface area (Å²) in [5.74, 6) is 2.07. The number of pyridine rings is 1. The minimum absolute atomic E-state index is 0.116. The van der Waals surface area contributed by atoms with Crippen molar-refractivity contribution in [1.29, 1.82) is 0 Å². The molecule has 1 fully saturated rings. The molecule has 4 rings (SSSR count). The van der Waals surface area contributed by atoms with Crippen LogP contribution in [0.2, 0.25) is 0 Å². The van der Waals surface area contributed by atoms with Crippen molar-refractivity contribution >= 4 is 17.7 Å². The fourth-order valence-electron chi connectivity index (χ4n) is 4.15. The second-order valence-electron chi connectivity index (χ2n) is 8.50. The van der Waals surface area contributed by atoms with E-state index < -0.39 is 6.04 Å². The van der Waals surface area contributed by atoms with Crippen molar-refractivity contribution in [2.24, 2.45) is 11.7 Å². The van der Waals surface area contributed by atoms with Crippen LogP contribution in [-0.2, 0) is 4.79 Å². The van der Waals surface area contributed by atoms with E-state index in [0.717, 1.165) is 48.3 Å². The summed E-state index contributed by atoms with van der Waals surface area (Å²) in [4.78, 5) is 25.8. The van der Waals surface area contributed by atoms with Crippen molar-refractivity contribution in [3.05, 3.63) is 77.7 Å². The Hall–Kier alpha value is -3.32. The van der Waals surface area contributed by atoms with Crippen molar-refractivity contribution in [3.63, 3.8) is 0 Å². The maximum atomic E-state index is 12.4. The molecule has 1 atom stereocenters. The van der Waals surface area contributed by atoms with Gasteiger partial charge in [0.2, 0.25) is 11.9 Å². The molecule has 4 N–H and O–H groups in total. The maximum absolute atomic E-state index is 12.4. The lowest BCUT2D eigenvalue weighted by atomic mass is 9.80. The van der Waals surface area contributed by atoms with Crippen LogP contribution in [0.1, 0.15) is 54.5 Å². The van der Waals surface area contributed by atoms with Gasteiger partial charge in [-0.3, -0.25) is 4.79 Å². The number of amides is 1. The van der Waals surface area contributed by atoms with Crippen LogP contribution in [0.5, 0.6) is 0 Å². The molecule has 3 aromatic rings. The van der Waals surface area contributed by atoms with Gasteiger partial charge in [-0.15, -0.1) is 0 Å². The molecule has 166 valence electrons. The first kappa shape index (κ1) is 21.9. The molecule has 1 aromatic carbocycles. The fraction of sp³-hybridized carbons (Fsp3) is 0.360. The number of carbonyl (C=O) groups is 1. The lowest BCUT2D eigenvalue weighted by molar-refractivity contribution is -0.122. The number of benzene rings is 1. The molecule has 1 amide bonds. The predicted octanol–water partition coefficient (Wildman–Crippen LogP) is 4.01. The Morgan fingerprint density at radius 3 is 2.56 bits per heavy atom. The van der Waals surface area contributed by atoms with Crippen LogP contribution in [0.3, 0.4) is 0 Å². The zero-order valence-electron chi connectivity index (χ0n) is 18.4. The Morgan fingerprint density at radius 1 is 1.06 bits per heavy atom. The average Bonchev–Trinajstić information content (AvgIpc) is 2.84. The fourth-order valence-corrected chi connectivity index (χ4v) is 4.15. The van der Waals surface area contributed by atoms with E-state index in [0.29, 0.717) is 24.3 Å². The number of carbonyl (C=O) groups excluding carboxylic acids is 1. The molecule has 1 aliphatic carbocycles. The summed E-state index contributed by atoms with van der Waals surface area (Å²) in [7, 11) is 0. The zero-order valence-corrected chi connectivity index (χ0v) is 18.4. The monoisotopic (exact) mass is 430 g/mol. The first-order chi connectivity index (χ1) is 15.6. The van der Waals surface area contributed by atoms with Crippen LogP contribution >= 0.6 is 0 Å². The smallest absolute Gasteiger partial charge is 0.241 e. The van der Waals surface area contributed by atoms with Gasteiger partial charge in [-0.05, 0) is 61.8 Å². The molecule has 0 bridgehead atoms. The molecular formula is C25H30N6O. The normalized spacial score (nSPS) is 19.2. The van der Waals surface area contributed by atoms with E-state index in [1.807, 2.05) is 61.7 Å². The van der Waals surface area contributed by atoms with Gasteiger partial charge in [-0.2, -0.15) is 0 Å². The molecule has 2 aromatic heterocycles. The number of nitrogens with one attached hydrogen (secondary N) is 2. The van der Waals surface area contributed by atoms with Gasteiger partial charge >= 0.3 is 0 Å². The molecule has 0 radical (unpaired) electrons. The molecule has 1 saturated carbocycles. The molecule has 1 unspecified atom stereocenters. The van der Waals surface area contributed by atoms with Gasteiger partial charge in [-0.1, -0.05) is 36.4 Å². The number of aryl methyl sites for hydroxylation is 1. The quantitative estimate of drug-likeness (QED) is 0.523. The third kappa shape index (κ3) is 5.68. The van der Waals surface area contributed by atoms with E-state index in [4.69, 9.17) is 10.7 Å². The first-order valence-electron chi connectivity index (χ1n) is 11.2. The number of nitrogens with two attached hydrogens (primary N) is 1. The average molecular weight is 431 g/mol. The van der Waals surface area contributed by atoms with E-state index in [2.05, 4.69) is 20.6 Å². The summed E-state index contributed by atoms with van der Waals surface area (Å²) in [5.41, 5.74) is 9.10. The Labute approximate surface area is 188 Å². The number of nitrogens with zero attached hydrogens (tertiary/aromatic N) is 3. The highest BCUT2D eigenvalue weighted by Crippen LogP contribution is 2.35. The summed E-state index contributed by atoms with van der Waals surface area (Å²) in [6.45, 7) is 2.68. The Bertz CT molecular complexity index is 1020. The van der Waals surface area contributed by atoms with Gasteiger partial charge in [0.05, 0.1) is 0 Å². The number of aromatic nitrogens is 3. The van der Waals surface area contributed by atoms with Crippen molar-refractivity contribution < 1.29 is 4.79 Å². The molecule has 1 aliphatic rings. The van der Waals surface area contributed by atoms with Gasteiger partial charge in [0.1, 0.15) is 11.9 Å². The van der Waals surface area contributed by atoms with Gasteiger partial charge in [0, 0.05) is 30.6 Å². The summed E-state index contributed by atoms with van der Waals surface area (Å²) < 4.78 is 0. The molecule has 0 aliphatic heterocycles. The van der Waals surface area contributed by atoms with E-state index in [-0.39, 0.29) is 5.91 Å². The minimum atomic E-state index is -0.623. The van der Waals surface area contributed by atoms with Crippen molar-refractivity contribution in [1.82, 2.24) is 20.3 Å². The molecule has 2 heterocycles. The van der Waals surface area contributed by atoms with E-state index >= 15 is 0 Å². The second-order valence-corrected chi connectivity index (χ2v) is 8.50. The predicted molar refractivity (Wildman–Crippen MR) is 125 cm³/mol. The lowest BCUT2D eigenvalue weighted by Crippen LogP contribution is -2.37. The van der Waals surface area contributed by atoms with E-state index in [9.17, 15) is 4.79 Å². The summed E-state index contributed by atoms with van der Waals surface area (Å²) in [5, 5.41) is 6.22. The van der Waals surface area contributed by atoms with Crippen LogP contribution in [0, 0.1) is 12.8 Å². The molecule has 0 saturated heterocycles. The Kier molecular flexibility index (Phi) is 7.07. The van der Waals surface area contributed by atoms with Crippen LogP contribution < -0.4 is 16.4 Å². The maximum Gasteiger partial charge on any atom is 0.241 e. The van der Waals surface area contributed by atoms with E-state index in [1.165, 1.54) is 0 Å². The summed E-state index contributed by atoms with van der Waals surface area (Å²) >= 11 is 0. The van der Waals surface area contributed by atoms with Crippen molar-refractivity contribution in [2.75, 3.05) is 11.9 Å². The van der Waals surface area contributed by atoms with Crippen LogP contribution in [0.15, 0.2) is 60.9 Å². The number of hydrogen-bond acceptors (Lipinski definition) is 6. The molecule has 32 heavy (non-hydrogen) atoms. The molecular weight excluding hydrogens is 400 g/mol. The first-order valence-corrected chi connectivity index (χ1v) is 11.2. The van der Waals surface area contributed by atoms with Crippen molar-refractivity contribution in [3.8, 4) is 0 Å². The van der Waals surface area contributed by atoms with Crippen LogP contribution in [0.4, 0.5) is 11.8 Å². The van der Waals surface area contributed by atoms with Gasteiger partial charge in [0.15, 0.2) is 0 Å². The molecule has 7 nitrogen and oxygen atoms in total. The molecule has 7 heteroatoms. The lowest BCUT2D eigenvalue weighted by Gasteiger charge is -2.28. The molecule has 0 spiro atoms. The Morgan fingerprint density at radius 2 is 1.84 bits per heavy atom. The number of anilines is 2. The third-order valence-electron chi connectivity index (χ3n) is 6.10. The highest BCUT2D eigenvalue weighted by Gasteiger charge is 2.25. The third-order valence-corrected chi connectivity index (χ3v) is 6.10. The summed E-state index contributed by atoms with van der Waals surface area (Å²) in [6.07, 6.45) is 7.82. The highest BCUT2D eigenvalue weighted by molar-refractivity contribution is 5.82. The number of rotatable bonds is 7. The summed E-state index contributed by atoms with van der Waals surface area (Å²) in [6, 6.07) is 14.8. The standard InChI is InChI=1S/C25H30N6O/c1-17-7-12-22(28-15-17)31-25-27-14-13-21(30-25)19-10-8-18(9-11-19)16-29-24(32)23(26)20-5-3-2-4-6-20/h2-7,12-15,18-19,23H,8-11,16,26H2,1H3,(H,29,32)(H,27,28,30,31). The van der Waals surface area contributed by atoms with Gasteiger partial charge in [-0.25, -0.2) is 15.0 Å².